The number of benzene rings is 1. The van der Waals surface area contributed by atoms with Crippen molar-refractivity contribution in [2.24, 2.45) is 17.3 Å². The zero-order valence-electron chi connectivity index (χ0n) is 14.6. The molecule has 26 heavy (non-hydrogen) atoms. The van der Waals surface area contributed by atoms with Gasteiger partial charge >= 0.3 is 0 Å². The minimum Gasteiger partial charge on any atom is -0.390 e. The molecular formula is C20H23N3O2S. The van der Waals surface area contributed by atoms with Gasteiger partial charge in [0.1, 0.15) is 0 Å². The summed E-state index contributed by atoms with van der Waals surface area (Å²) in [7, 11) is 0. The van der Waals surface area contributed by atoms with Crippen LogP contribution < -0.4 is 5.32 Å². The first kappa shape index (κ1) is 16.4. The monoisotopic (exact) mass is 369 g/mol. The summed E-state index contributed by atoms with van der Waals surface area (Å²) in [6.07, 6.45) is 6.56. The molecule has 0 radical (unpaired) electrons. The lowest BCUT2D eigenvalue weighted by atomic mass is 9.47. The molecule has 2 N–H and O–H groups in total. The van der Waals surface area contributed by atoms with Crippen molar-refractivity contribution in [1.29, 1.82) is 0 Å². The maximum absolute atomic E-state index is 12.7. The van der Waals surface area contributed by atoms with Crippen molar-refractivity contribution in [3.05, 3.63) is 30.3 Å². The summed E-state index contributed by atoms with van der Waals surface area (Å²) in [4.78, 5) is 17.1. The molecule has 1 amide bonds. The molecule has 6 heteroatoms. The number of nitrogens with zero attached hydrogens (tertiary/aromatic N) is 2. The molecule has 4 aliphatic carbocycles. The minimum absolute atomic E-state index is 0.00584. The van der Waals surface area contributed by atoms with Crippen LogP contribution in [-0.2, 0) is 4.79 Å². The number of aromatic nitrogens is 2. The lowest BCUT2D eigenvalue weighted by molar-refractivity contribution is -0.167. The first-order chi connectivity index (χ1) is 12.5. The largest absolute Gasteiger partial charge is 0.390 e. The van der Waals surface area contributed by atoms with Gasteiger partial charge in [-0.15, -0.1) is 0 Å². The van der Waals surface area contributed by atoms with Crippen LogP contribution in [0.1, 0.15) is 44.9 Å². The second-order valence-electron chi connectivity index (χ2n) is 8.70. The van der Waals surface area contributed by atoms with E-state index in [4.69, 9.17) is 0 Å². The Balaban J connectivity index is 1.28. The number of aliphatic hydroxyl groups is 1. The molecule has 0 saturated heterocycles. The molecule has 0 spiro atoms. The second-order valence-corrected chi connectivity index (χ2v) is 9.45. The molecule has 2 aromatic rings. The highest BCUT2D eigenvalue weighted by Crippen LogP contribution is 2.62. The first-order valence-corrected chi connectivity index (χ1v) is 10.2. The second kappa shape index (κ2) is 5.86. The summed E-state index contributed by atoms with van der Waals surface area (Å²) >= 11 is 1.22. The van der Waals surface area contributed by atoms with Crippen molar-refractivity contribution in [3.63, 3.8) is 0 Å². The van der Waals surface area contributed by atoms with E-state index in [0.717, 1.165) is 37.7 Å². The van der Waals surface area contributed by atoms with Gasteiger partial charge in [0.15, 0.2) is 5.82 Å². The molecule has 1 heterocycles. The van der Waals surface area contributed by atoms with Crippen LogP contribution in [0.25, 0.3) is 11.4 Å². The lowest BCUT2D eigenvalue weighted by Gasteiger charge is -2.60. The van der Waals surface area contributed by atoms with Crippen molar-refractivity contribution in [1.82, 2.24) is 9.36 Å². The quantitative estimate of drug-likeness (QED) is 0.858. The van der Waals surface area contributed by atoms with Gasteiger partial charge < -0.3 is 10.4 Å². The average molecular weight is 369 g/mol. The lowest BCUT2D eigenvalue weighted by Crippen LogP contribution is -2.56. The fourth-order valence-corrected chi connectivity index (χ4v) is 6.70. The van der Waals surface area contributed by atoms with Crippen LogP contribution in [0.3, 0.4) is 0 Å². The van der Waals surface area contributed by atoms with Crippen LogP contribution in [0.2, 0.25) is 0 Å². The third-order valence-corrected chi connectivity index (χ3v) is 7.02. The Kier molecular flexibility index (Phi) is 3.69. The van der Waals surface area contributed by atoms with Crippen LogP contribution in [0.5, 0.6) is 0 Å². The van der Waals surface area contributed by atoms with Crippen LogP contribution >= 0.6 is 11.5 Å². The predicted molar refractivity (Wildman–Crippen MR) is 101 cm³/mol. The molecule has 2 unspecified atom stereocenters. The molecule has 1 aromatic heterocycles. The Labute approximate surface area is 157 Å². The highest BCUT2D eigenvalue weighted by Gasteiger charge is 2.57. The molecule has 0 aliphatic heterocycles. The zero-order valence-corrected chi connectivity index (χ0v) is 15.5. The maximum Gasteiger partial charge on any atom is 0.226 e. The van der Waals surface area contributed by atoms with Crippen molar-refractivity contribution >= 4 is 22.6 Å². The number of carbonyl (C=O) groups is 1. The molecule has 4 aliphatic rings. The van der Waals surface area contributed by atoms with Crippen molar-refractivity contribution in [2.45, 2.75) is 50.5 Å². The Hall–Kier alpha value is -1.79. The molecule has 2 atom stereocenters. The molecule has 136 valence electrons. The summed E-state index contributed by atoms with van der Waals surface area (Å²) in [5.41, 5.74) is 0.413. The van der Waals surface area contributed by atoms with Gasteiger partial charge in [-0.25, -0.2) is 0 Å². The van der Waals surface area contributed by atoms with Gasteiger partial charge in [-0.2, -0.15) is 9.36 Å². The number of hydrogen-bond donors (Lipinski definition) is 2. The van der Waals surface area contributed by atoms with E-state index in [-0.39, 0.29) is 11.3 Å². The highest BCUT2D eigenvalue weighted by atomic mass is 32.1. The van der Waals surface area contributed by atoms with Crippen molar-refractivity contribution in [3.8, 4) is 11.4 Å². The number of rotatable bonds is 4. The van der Waals surface area contributed by atoms with E-state index in [2.05, 4.69) is 14.7 Å². The van der Waals surface area contributed by atoms with E-state index in [9.17, 15) is 9.90 Å². The predicted octanol–water partition coefficient (Wildman–Crippen LogP) is 3.87. The molecule has 1 aromatic carbocycles. The fraction of sp³-hybridized carbons (Fsp3) is 0.550. The topological polar surface area (TPSA) is 75.1 Å². The Bertz CT molecular complexity index is 821. The average Bonchev–Trinajstić information content (AvgIpc) is 3.01. The SMILES string of the molecule is O=C(CC12CC3CC(CC(O)(C3)C1)C2)Nc1nc(-c2ccccc2)ns1. The Morgan fingerprint density at radius 1 is 1.19 bits per heavy atom. The number of amides is 1. The normalized spacial score (nSPS) is 34.8. The summed E-state index contributed by atoms with van der Waals surface area (Å²) in [6, 6.07) is 9.78. The van der Waals surface area contributed by atoms with Crippen LogP contribution in [0.15, 0.2) is 30.3 Å². The van der Waals surface area contributed by atoms with Crippen LogP contribution in [0, 0.1) is 17.3 Å². The van der Waals surface area contributed by atoms with E-state index < -0.39 is 5.60 Å². The van der Waals surface area contributed by atoms with Gasteiger partial charge in [0.05, 0.1) is 5.60 Å². The first-order valence-electron chi connectivity index (χ1n) is 9.42. The van der Waals surface area contributed by atoms with Crippen LogP contribution in [-0.4, -0.2) is 26.0 Å². The summed E-state index contributed by atoms with van der Waals surface area (Å²) in [5.74, 6) is 1.85. The number of anilines is 1. The Morgan fingerprint density at radius 2 is 1.92 bits per heavy atom. The molecular weight excluding hydrogens is 346 g/mol. The van der Waals surface area contributed by atoms with Crippen LogP contribution in [0.4, 0.5) is 5.13 Å². The standard InChI is InChI=1S/C20H23N3O2S/c24-16(21-18-22-17(23-26-18)15-4-2-1-3-5-15)11-19-7-13-6-14(8-19)10-20(25,9-13)12-19/h1-5,13-14,25H,6-12H2,(H,21,22,23,24). The zero-order chi connectivity index (χ0) is 17.8. The van der Waals surface area contributed by atoms with Gasteiger partial charge in [-0.3, -0.25) is 4.79 Å². The Morgan fingerprint density at radius 3 is 2.62 bits per heavy atom. The van der Waals surface area contributed by atoms with Crippen molar-refractivity contribution in [2.75, 3.05) is 5.32 Å². The molecule has 4 bridgehead atoms. The van der Waals surface area contributed by atoms with E-state index in [1.165, 1.54) is 18.0 Å². The maximum atomic E-state index is 12.7. The van der Waals surface area contributed by atoms with Gasteiger partial charge in [0.25, 0.3) is 0 Å². The highest BCUT2D eigenvalue weighted by molar-refractivity contribution is 7.10. The van der Waals surface area contributed by atoms with E-state index in [1.807, 2.05) is 30.3 Å². The molecule has 5 nitrogen and oxygen atoms in total. The summed E-state index contributed by atoms with van der Waals surface area (Å²) in [6.45, 7) is 0. The molecule has 4 saturated carbocycles. The van der Waals surface area contributed by atoms with E-state index in [0.29, 0.717) is 29.2 Å². The van der Waals surface area contributed by atoms with Gasteiger partial charge in [0.2, 0.25) is 11.0 Å². The number of carbonyl (C=O) groups excluding carboxylic acids is 1. The van der Waals surface area contributed by atoms with E-state index in [1.54, 1.807) is 0 Å². The minimum atomic E-state index is -0.520. The van der Waals surface area contributed by atoms with Gasteiger partial charge in [-0.05, 0) is 55.8 Å². The van der Waals surface area contributed by atoms with Gasteiger partial charge in [0, 0.05) is 23.5 Å². The molecule has 6 rings (SSSR count). The third-order valence-electron chi connectivity index (χ3n) is 6.39. The molecule has 4 fully saturated rings. The third kappa shape index (κ3) is 2.95. The number of hydrogen-bond acceptors (Lipinski definition) is 5. The van der Waals surface area contributed by atoms with Crippen molar-refractivity contribution < 1.29 is 9.90 Å². The smallest absolute Gasteiger partial charge is 0.226 e. The fourth-order valence-electron chi connectivity index (χ4n) is 6.09. The van der Waals surface area contributed by atoms with E-state index >= 15 is 0 Å². The summed E-state index contributed by atoms with van der Waals surface area (Å²) in [5, 5.41) is 14.3. The number of nitrogens with one attached hydrogen (secondary N) is 1. The summed E-state index contributed by atoms with van der Waals surface area (Å²) < 4.78 is 4.35. The van der Waals surface area contributed by atoms with Gasteiger partial charge in [-0.1, -0.05) is 30.3 Å².